The van der Waals surface area contributed by atoms with Crippen molar-refractivity contribution in [2.24, 2.45) is 5.73 Å². The maximum Gasteiger partial charge on any atom is 0.243 e. The largest absolute Gasteiger partial charge is 0.375 e. The molecule has 0 aliphatic carbocycles. The van der Waals surface area contributed by atoms with E-state index in [1.54, 1.807) is 11.9 Å². The normalized spacial score (nSPS) is 16.5. The van der Waals surface area contributed by atoms with Gasteiger partial charge in [0.15, 0.2) is 0 Å². The molecule has 3 aromatic rings. The number of para-hydroxylation sites is 1. The number of anilines is 1. The average molecular weight is 571 g/mol. The first-order valence-electron chi connectivity index (χ1n) is 14.6. The molecule has 4 N–H and O–H groups in total. The fourth-order valence-corrected chi connectivity index (χ4v) is 6.05. The van der Waals surface area contributed by atoms with E-state index in [0.29, 0.717) is 38.7 Å². The average Bonchev–Trinajstić information content (AvgIpc) is 3.30. The van der Waals surface area contributed by atoms with Crippen molar-refractivity contribution < 1.29 is 23.9 Å². The summed E-state index contributed by atoms with van der Waals surface area (Å²) >= 11 is 0. The minimum Gasteiger partial charge on any atom is -0.375 e. The molecule has 220 valence electrons. The van der Waals surface area contributed by atoms with Gasteiger partial charge in [-0.2, -0.15) is 0 Å². The number of nitrogens with one attached hydrogen (secondary N) is 2. The van der Waals surface area contributed by atoms with E-state index in [-0.39, 0.29) is 30.7 Å². The molecule has 3 aromatic carbocycles. The number of hydrogen-bond acceptors (Lipinski definition) is 5. The Morgan fingerprint density at radius 2 is 1.86 bits per heavy atom. The summed E-state index contributed by atoms with van der Waals surface area (Å²) in [5, 5.41) is 7.87. The molecule has 42 heavy (non-hydrogen) atoms. The molecule has 0 saturated carbocycles. The molecule has 5 rings (SSSR count). The van der Waals surface area contributed by atoms with Gasteiger partial charge in [0.05, 0.1) is 24.9 Å². The number of nitrogens with two attached hydrogens (primary N) is 1. The molecule has 0 saturated heterocycles. The number of carbonyl (C=O) groups excluding carboxylic acids is 4. The van der Waals surface area contributed by atoms with Crippen molar-refractivity contribution in [2.75, 3.05) is 18.6 Å². The van der Waals surface area contributed by atoms with Gasteiger partial charge in [0, 0.05) is 32.7 Å². The summed E-state index contributed by atoms with van der Waals surface area (Å²) in [5.74, 6) is -0.718. The molecule has 2 aliphatic heterocycles. The minimum absolute atomic E-state index is 0.00949. The van der Waals surface area contributed by atoms with Crippen molar-refractivity contribution in [1.29, 1.82) is 0 Å². The monoisotopic (exact) mass is 570 g/mol. The van der Waals surface area contributed by atoms with Crippen LogP contribution in [-0.2, 0) is 49.8 Å². The highest BCUT2D eigenvalue weighted by molar-refractivity contribution is 6.04. The van der Waals surface area contributed by atoms with Crippen LogP contribution >= 0.6 is 0 Å². The van der Waals surface area contributed by atoms with Gasteiger partial charge in [-0.3, -0.25) is 24.1 Å². The van der Waals surface area contributed by atoms with E-state index < -0.39 is 18.0 Å². The predicted octanol–water partition coefficient (Wildman–Crippen LogP) is 3.08. The van der Waals surface area contributed by atoms with E-state index in [0.717, 1.165) is 51.6 Å². The van der Waals surface area contributed by atoms with Crippen molar-refractivity contribution in [3.05, 3.63) is 76.9 Å². The molecule has 0 fully saturated rings. The SMILES string of the molecule is CNC(=O)CCc1cccc2cc(COC[C@H](CCC(N)=O)NC(=O)[C@@H]3Cc4cccc5c4N3C(=O)CCC5)ccc12. The van der Waals surface area contributed by atoms with Crippen molar-refractivity contribution in [2.45, 2.75) is 70.1 Å². The first kappa shape index (κ1) is 29.3. The van der Waals surface area contributed by atoms with Crippen LogP contribution in [0.4, 0.5) is 5.69 Å². The van der Waals surface area contributed by atoms with E-state index in [2.05, 4.69) is 16.7 Å². The second kappa shape index (κ2) is 13.2. The van der Waals surface area contributed by atoms with Gasteiger partial charge in [0.1, 0.15) is 6.04 Å². The first-order chi connectivity index (χ1) is 20.3. The number of aryl methyl sites for hydroxylation is 2. The topological polar surface area (TPSA) is 131 Å². The molecule has 0 aromatic heterocycles. The highest BCUT2D eigenvalue weighted by Crippen LogP contribution is 2.39. The Morgan fingerprint density at radius 1 is 1.05 bits per heavy atom. The van der Waals surface area contributed by atoms with Crippen molar-refractivity contribution in [3.63, 3.8) is 0 Å². The fourth-order valence-electron chi connectivity index (χ4n) is 6.05. The number of hydrogen-bond donors (Lipinski definition) is 3. The molecular formula is C33H38N4O5. The number of primary amides is 1. The van der Waals surface area contributed by atoms with Gasteiger partial charge in [0.2, 0.25) is 23.6 Å². The minimum atomic E-state index is -0.624. The van der Waals surface area contributed by atoms with Crippen LogP contribution in [0.15, 0.2) is 54.6 Å². The summed E-state index contributed by atoms with van der Waals surface area (Å²) in [6.45, 7) is 0.520. The van der Waals surface area contributed by atoms with Crippen LogP contribution in [0, 0.1) is 0 Å². The number of carbonyl (C=O) groups is 4. The van der Waals surface area contributed by atoms with Crippen LogP contribution < -0.4 is 21.3 Å². The molecular weight excluding hydrogens is 532 g/mol. The third-order valence-corrected chi connectivity index (χ3v) is 8.19. The zero-order chi connectivity index (χ0) is 29.6. The van der Waals surface area contributed by atoms with Gasteiger partial charge < -0.3 is 21.1 Å². The van der Waals surface area contributed by atoms with Gasteiger partial charge in [-0.15, -0.1) is 0 Å². The highest BCUT2D eigenvalue weighted by Gasteiger charge is 2.41. The van der Waals surface area contributed by atoms with Gasteiger partial charge in [-0.1, -0.05) is 48.5 Å². The first-order valence-corrected chi connectivity index (χ1v) is 14.6. The van der Waals surface area contributed by atoms with E-state index >= 15 is 0 Å². The van der Waals surface area contributed by atoms with Crippen LogP contribution in [0.25, 0.3) is 10.8 Å². The van der Waals surface area contributed by atoms with Gasteiger partial charge in [-0.25, -0.2) is 0 Å². The van der Waals surface area contributed by atoms with E-state index in [1.165, 1.54) is 0 Å². The Hall–Kier alpha value is -4.24. The highest BCUT2D eigenvalue weighted by atomic mass is 16.5. The fraction of sp³-hybridized carbons (Fsp3) is 0.394. The molecule has 4 amide bonds. The smallest absolute Gasteiger partial charge is 0.243 e. The zero-order valence-electron chi connectivity index (χ0n) is 24.0. The number of benzene rings is 3. The third-order valence-electron chi connectivity index (χ3n) is 8.19. The molecule has 0 bridgehead atoms. The molecule has 9 nitrogen and oxygen atoms in total. The summed E-state index contributed by atoms with van der Waals surface area (Å²) < 4.78 is 6.04. The van der Waals surface area contributed by atoms with Crippen molar-refractivity contribution in [3.8, 4) is 0 Å². The summed E-state index contributed by atoms with van der Waals surface area (Å²) in [5.41, 5.74) is 10.5. The van der Waals surface area contributed by atoms with Crippen LogP contribution in [0.2, 0.25) is 0 Å². The number of fused-ring (bicyclic) bond motifs is 1. The number of amides is 4. The van der Waals surface area contributed by atoms with E-state index in [9.17, 15) is 19.2 Å². The van der Waals surface area contributed by atoms with Crippen LogP contribution in [-0.4, -0.2) is 49.4 Å². The Balaban J connectivity index is 1.23. The Kier molecular flexibility index (Phi) is 9.17. The lowest BCUT2D eigenvalue weighted by Gasteiger charge is -2.27. The summed E-state index contributed by atoms with van der Waals surface area (Å²) in [7, 11) is 1.64. The van der Waals surface area contributed by atoms with Gasteiger partial charge in [-0.05, 0) is 64.8 Å². The quantitative estimate of drug-likeness (QED) is 0.308. The predicted molar refractivity (Wildman–Crippen MR) is 161 cm³/mol. The lowest BCUT2D eigenvalue weighted by Crippen LogP contribution is -2.51. The maximum atomic E-state index is 13.6. The van der Waals surface area contributed by atoms with Gasteiger partial charge >= 0.3 is 0 Å². The molecule has 2 aliphatic rings. The molecule has 0 unspecified atom stereocenters. The molecule has 0 spiro atoms. The summed E-state index contributed by atoms with van der Waals surface area (Å²) in [6, 6.07) is 17.1. The molecule has 2 atom stereocenters. The lowest BCUT2D eigenvalue weighted by molar-refractivity contribution is -0.127. The third kappa shape index (κ3) is 6.62. The van der Waals surface area contributed by atoms with Crippen molar-refractivity contribution >= 4 is 40.1 Å². The molecule has 9 heteroatoms. The van der Waals surface area contributed by atoms with E-state index in [1.807, 2.05) is 48.5 Å². The van der Waals surface area contributed by atoms with Crippen molar-refractivity contribution in [1.82, 2.24) is 10.6 Å². The Labute approximate surface area is 245 Å². The standard InChI is InChI=1S/C33H38N4O5/c1-35-30(39)16-12-22-5-2-8-24-17-21(11-14-27(22)24)19-42-20-26(13-15-29(34)38)36-33(41)28-18-25-9-3-6-23-7-4-10-31(40)37(28)32(23)25/h2-3,5-6,8-9,11,14,17,26,28H,4,7,10,12-13,15-16,18-20H2,1H3,(H2,34,38)(H,35,39)(H,36,41)/t26-,28-/m0/s1. The number of ether oxygens (including phenoxy) is 1. The van der Waals surface area contributed by atoms with Crippen LogP contribution in [0.3, 0.4) is 0 Å². The zero-order valence-corrected chi connectivity index (χ0v) is 24.0. The van der Waals surface area contributed by atoms with Crippen LogP contribution in [0.5, 0.6) is 0 Å². The van der Waals surface area contributed by atoms with Gasteiger partial charge in [0.25, 0.3) is 0 Å². The molecule has 2 heterocycles. The molecule has 0 radical (unpaired) electrons. The number of rotatable bonds is 12. The second-order valence-electron chi connectivity index (χ2n) is 11.1. The van der Waals surface area contributed by atoms with E-state index in [4.69, 9.17) is 10.5 Å². The number of nitrogens with zero attached hydrogens (tertiary/aromatic N) is 1. The maximum absolute atomic E-state index is 13.6. The Bertz CT molecular complexity index is 1500. The summed E-state index contributed by atoms with van der Waals surface area (Å²) in [4.78, 5) is 51.5. The Morgan fingerprint density at radius 3 is 2.67 bits per heavy atom. The van der Waals surface area contributed by atoms with Crippen LogP contribution in [0.1, 0.15) is 54.4 Å². The summed E-state index contributed by atoms with van der Waals surface area (Å²) in [6.07, 6.45) is 4.00. The lowest BCUT2D eigenvalue weighted by atomic mass is 9.99. The second-order valence-corrected chi connectivity index (χ2v) is 11.1.